The summed E-state index contributed by atoms with van der Waals surface area (Å²) in [5.74, 6) is -0.394. The minimum atomic E-state index is -0.471. The molecule has 2 aliphatic rings. The van der Waals surface area contributed by atoms with Crippen molar-refractivity contribution in [2.24, 2.45) is 0 Å². The number of fused-ring (bicyclic) bond motifs is 3. The highest BCUT2D eigenvalue weighted by Gasteiger charge is 2.32. The summed E-state index contributed by atoms with van der Waals surface area (Å²) in [7, 11) is 0. The smallest absolute Gasteiger partial charge is 0.407 e. The molecule has 5 nitrogen and oxygen atoms in total. The molecule has 0 unspecified atom stereocenters. The van der Waals surface area contributed by atoms with E-state index in [1.807, 2.05) is 59.5 Å². The van der Waals surface area contributed by atoms with Gasteiger partial charge in [-0.25, -0.2) is 9.18 Å². The lowest BCUT2D eigenvalue weighted by atomic mass is 9.96. The zero-order chi connectivity index (χ0) is 22.8. The maximum absolute atomic E-state index is 15.4. The first-order valence-electron chi connectivity index (χ1n) is 11.2. The highest BCUT2D eigenvalue weighted by atomic mass is 19.1. The van der Waals surface area contributed by atoms with Crippen LogP contribution in [0, 0.1) is 17.1 Å². The molecule has 1 amide bonds. The third-order valence-corrected chi connectivity index (χ3v) is 6.41. The van der Waals surface area contributed by atoms with Gasteiger partial charge in [-0.2, -0.15) is 5.26 Å². The number of benzene rings is 3. The summed E-state index contributed by atoms with van der Waals surface area (Å²) < 4.78 is 20.7. The van der Waals surface area contributed by atoms with E-state index in [1.54, 1.807) is 0 Å². The van der Waals surface area contributed by atoms with Gasteiger partial charge in [0.25, 0.3) is 0 Å². The van der Waals surface area contributed by atoms with Gasteiger partial charge in [-0.3, -0.25) is 0 Å². The maximum atomic E-state index is 15.4. The molecule has 3 aromatic rings. The van der Waals surface area contributed by atoms with Gasteiger partial charge in [-0.05, 0) is 41.2 Å². The van der Waals surface area contributed by atoms with Crippen LogP contribution in [-0.2, 0) is 17.8 Å². The Morgan fingerprint density at radius 2 is 1.97 bits per heavy atom. The highest BCUT2D eigenvalue weighted by molar-refractivity contribution is 5.89. The molecule has 1 N–H and O–H groups in total. The lowest BCUT2D eigenvalue weighted by molar-refractivity contribution is 0.134. The normalized spacial score (nSPS) is 16.5. The molecule has 1 saturated heterocycles. The molecule has 0 radical (unpaired) electrons. The number of nitrogens with zero attached hydrogens (tertiary/aromatic N) is 2. The van der Waals surface area contributed by atoms with Gasteiger partial charge in [-0.15, -0.1) is 0 Å². The molecule has 1 fully saturated rings. The number of halogens is 1. The minimum Gasteiger partial charge on any atom is -0.445 e. The van der Waals surface area contributed by atoms with Crippen molar-refractivity contribution in [1.29, 1.82) is 5.26 Å². The molecule has 1 atom stereocenters. The van der Waals surface area contributed by atoms with Gasteiger partial charge in [0, 0.05) is 31.1 Å². The van der Waals surface area contributed by atoms with Crippen molar-refractivity contribution in [2.75, 3.05) is 18.0 Å². The molecule has 0 aromatic heterocycles. The molecule has 6 heteroatoms. The summed E-state index contributed by atoms with van der Waals surface area (Å²) >= 11 is 0. The number of carbonyl (C=O) groups excluding carboxylic acids is 1. The van der Waals surface area contributed by atoms with Crippen molar-refractivity contribution < 1.29 is 13.9 Å². The van der Waals surface area contributed by atoms with E-state index in [-0.39, 0.29) is 12.6 Å². The second kappa shape index (κ2) is 8.95. The van der Waals surface area contributed by atoms with Gasteiger partial charge in [-0.1, -0.05) is 54.6 Å². The summed E-state index contributed by atoms with van der Waals surface area (Å²) in [4.78, 5) is 14.4. The van der Waals surface area contributed by atoms with Crippen molar-refractivity contribution in [2.45, 2.75) is 31.9 Å². The number of carbonyl (C=O) groups is 1. The number of nitrogens with one attached hydrogen (secondary N) is 1. The molecule has 33 heavy (non-hydrogen) atoms. The number of amides is 1. The van der Waals surface area contributed by atoms with Crippen molar-refractivity contribution >= 4 is 11.8 Å². The zero-order valence-corrected chi connectivity index (χ0v) is 18.2. The van der Waals surface area contributed by atoms with Crippen LogP contribution in [0.1, 0.15) is 35.1 Å². The second-order valence-corrected chi connectivity index (χ2v) is 8.55. The highest BCUT2D eigenvalue weighted by Crippen LogP contribution is 2.46. The van der Waals surface area contributed by atoms with Crippen LogP contribution in [0.3, 0.4) is 0 Å². The lowest BCUT2D eigenvalue weighted by Crippen LogP contribution is -2.48. The zero-order valence-electron chi connectivity index (χ0n) is 18.2. The molecular formula is C27H24FN3O2. The van der Waals surface area contributed by atoms with Gasteiger partial charge >= 0.3 is 6.09 Å². The van der Waals surface area contributed by atoms with E-state index in [9.17, 15) is 10.1 Å². The molecule has 166 valence electrons. The Balaban J connectivity index is 1.36. The quantitative estimate of drug-likeness (QED) is 0.475. The SMILES string of the molecule is N#Cc1cc(F)c(N2CCC[C@H](NC(=O)OCc3ccccc3)C2)c2c1Cc1ccccc1-2. The summed E-state index contributed by atoms with van der Waals surface area (Å²) in [5, 5.41) is 12.5. The molecule has 1 heterocycles. The monoisotopic (exact) mass is 441 g/mol. The van der Waals surface area contributed by atoms with Crippen LogP contribution in [0.15, 0.2) is 60.7 Å². The van der Waals surface area contributed by atoms with Gasteiger partial charge in [0.05, 0.1) is 17.3 Å². The maximum Gasteiger partial charge on any atom is 0.407 e. The molecule has 1 aliphatic heterocycles. The number of hydrogen-bond acceptors (Lipinski definition) is 4. The predicted octanol–water partition coefficient (Wildman–Crippen LogP) is 5.16. The number of nitriles is 1. The first-order valence-corrected chi connectivity index (χ1v) is 11.2. The second-order valence-electron chi connectivity index (χ2n) is 8.55. The van der Waals surface area contributed by atoms with Crippen LogP contribution in [0.25, 0.3) is 11.1 Å². The van der Waals surface area contributed by atoms with Crippen molar-refractivity contribution in [3.8, 4) is 17.2 Å². The van der Waals surface area contributed by atoms with Crippen LogP contribution in [0.5, 0.6) is 0 Å². The van der Waals surface area contributed by atoms with E-state index in [1.165, 1.54) is 6.07 Å². The molecule has 0 bridgehead atoms. The standard InChI is InChI=1S/C27H24FN3O2/c28-24-14-20(15-29)23-13-19-9-4-5-11-22(19)25(23)26(24)31-12-6-10-21(16-31)30-27(32)33-17-18-7-2-1-3-8-18/h1-5,7-9,11,14,21H,6,10,12-13,16-17H2,(H,30,32)/t21-/m0/s1. The Morgan fingerprint density at radius 3 is 2.79 bits per heavy atom. The van der Waals surface area contributed by atoms with E-state index >= 15 is 4.39 Å². The summed E-state index contributed by atoms with van der Waals surface area (Å²) in [6.45, 7) is 1.38. The summed E-state index contributed by atoms with van der Waals surface area (Å²) in [5.41, 5.74) is 5.62. The number of piperidine rings is 1. The molecule has 5 rings (SSSR count). The van der Waals surface area contributed by atoms with Gasteiger partial charge in [0.1, 0.15) is 12.4 Å². The Hall–Kier alpha value is -3.85. The Bertz CT molecular complexity index is 1240. The Kier molecular flexibility index (Phi) is 5.70. The van der Waals surface area contributed by atoms with Crippen molar-refractivity contribution in [3.05, 3.63) is 88.7 Å². The number of rotatable bonds is 4. The summed E-state index contributed by atoms with van der Waals surface area (Å²) in [6.07, 6.45) is 1.78. The van der Waals surface area contributed by atoms with Crippen LogP contribution < -0.4 is 10.2 Å². The molecule has 0 spiro atoms. The summed E-state index contributed by atoms with van der Waals surface area (Å²) in [6, 6.07) is 20.8. The largest absolute Gasteiger partial charge is 0.445 e. The first kappa shape index (κ1) is 21.0. The fourth-order valence-corrected chi connectivity index (χ4v) is 4.90. The van der Waals surface area contributed by atoms with Crippen molar-refractivity contribution in [3.63, 3.8) is 0 Å². The van der Waals surface area contributed by atoms with Crippen LogP contribution in [0.2, 0.25) is 0 Å². The van der Waals surface area contributed by atoms with Crippen LogP contribution in [-0.4, -0.2) is 25.2 Å². The van der Waals surface area contributed by atoms with E-state index in [0.29, 0.717) is 30.8 Å². The Labute approximate surface area is 192 Å². The van der Waals surface area contributed by atoms with E-state index in [2.05, 4.69) is 11.4 Å². The molecule has 3 aromatic carbocycles. The van der Waals surface area contributed by atoms with Crippen LogP contribution in [0.4, 0.5) is 14.9 Å². The van der Waals surface area contributed by atoms with Gasteiger partial charge in [0.15, 0.2) is 0 Å². The number of hydrogen-bond donors (Lipinski definition) is 1. The number of ether oxygens (including phenoxy) is 1. The molecule has 1 aliphatic carbocycles. The van der Waals surface area contributed by atoms with Crippen LogP contribution >= 0.6 is 0 Å². The van der Waals surface area contributed by atoms with Crippen molar-refractivity contribution in [1.82, 2.24) is 5.32 Å². The number of anilines is 1. The fraction of sp³-hybridized carbons (Fsp3) is 0.259. The van der Waals surface area contributed by atoms with Gasteiger partial charge in [0.2, 0.25) is 0 Å². The van der Waals surface area contributed by atoms with E-state index in [0.717, 1.165) is 40.7 Å². The lowest BCUT2D eigenvalue weighted by Gasteiger charge is -2.36. The van der Waals surface area contributed by atoms with E-state index < -0.39 is 11.9 Å². The molecular weight excluding hydrogens is 417 g/mol. The molecule has 0 saturated carbocycles. The topological polar surface area (TPSA) is 65.4 Å². The average molecular weight is 442 g/mol. The Morgan fingerprint density at radius 1 is 1.18 bits per heavy atom. The third-order valence-electron chi connectivity index (χ3n) is 6.41. The third kappa shape index (κ3) is 4.14. The van der Waals surface area contributed by atoms with E-state index in [4.69, 9.17) is 4.74 Å². The minimum absolute atomic E-state index is 0.149. The first-order chi connectivity index (χ1) is 16.1. The van der Waals surface area contributed by atoms with Gasteiger partial charge < -0.3 is 15.0 Å². The number of alkyl carbamates (subject to hydrolysis) is 1. The average Bonchev–Trinajstić information content (AvgIpc) is 3.22. The fourth-order valence-electron chi connectivity index (χ4n) is 4.90. The predicted molar refractivity (Wildman–Crippen MR) is 124 cm³/mol.